The molecule has 5 nitrogen and oxygen atoms in total. The molecular formula is C19H27ClN4O. The van der Waals surface area contributed by atoms with Crippen molar-refractivity contribution in [3.8, 4) is 5.75 Å². The van der Waals surface area contributed by atoms with Crippen molar-refractivity contribution in [3.05, 3.63) is 52.8 Å². The number of benzene rings is 1. The van der Waals surface area contributed by atoms with Crippen LogP contribution in [0.5, 0.6) is 5.75 Å². The first-order chi connectivity index (χ1) is 12.0. The maximum absolute atomic E-state index is 6.05. The van der Waals surface area contributed by atoms with Crippen molar-refractivity contribution in [2.75, 3.05) is 27.7 Å². The Bertz CT molecular complexity index is 711. The Hall–Kier alpha value is -2.14. The van der Waals surface area contributed by atoms with E-state index in [0.29, 0.717) is 0 Å². The molecule has 0 fully saturated rings. The average molecular weight is 363 g/mol. The zero-order valence-electron chi connectivity index (χ0n) is 15.4. The summed E-state index contributed by atoms with van der Waals surface area (Å²) in [6.45, 7) is 1.61. The fourth-order valence-corrected chi connectivity index (χ4v) is 3.02. The number of nitrogens with zero attached hydrogens (tertiary/aromatic N) is 3. The maximum Gasteiger partial charge on any atom is 0.193 e. The summed E-state index contributed by atoms with van der Waals surface area (Å²) < 4.78 is 7.30. The van der Waals surface area contributed by atoms with Gasteiger partial charge in [0, 0.05) is 39.6 Å². The van der Waals surface area contributed by atoms with E-state index in [0.717, 1.165) is 48.4 Å². The molecule has 1 aromatic heterocycles. The Morgan fingerprint density at radius 2 is 2.16 bits per heavy atom. The van der Waals surface area contributed by atoms with Crippen LogP contribution in [-0.2, 0) is 20.0 Å². The van der Waals surface area contributed by atoms with E-state index in [1.807, 2.05) is 43.1 Å². The van der Waals surface area contributed by atoms with Gasteiger partial charge in [-0.25, -0.2) is 0 Å². The predicted octanol–water partition coefficient (Wildman–Crippen LogP) is 3.33. The van der Waals surface area contributed by atoms with Crippen LogP contribution >= 0.6 is 11.6 Å². The van der Waals surface area contributed by atoms with E-state index >= 15 is 0 Å². The van der Waals surface area contributed by atoms with Gasteiger partial charge in [-0.1, -0.05) is 23.7 Å². The van der Waals surface area contributed by atoms with E-state index < -0.39 is 0 Å². The lowest BCUT2D eigenvalue weighted by atomic mass is 10.1. The van der Waals surface area contributed by atoms with Gasteiger partial charge in [-0.2, -0.15) is 0 Å². The second kappa shape index (κ2) is 9.37. The summed E-state index contributed by atoms with van der Waals surface area (Å²) in [5.41, 5.74) is 2.43. The second-order valence-electron chi connectivity index (χ2n) is 6.05. The van der Waals surface area contributed by atoms with Gasteiger partial charge in [0.15, 0.2) is 5.96 Å². The summed E-state index contributed by atoms with van der Waals surface area (Å²) in [4.78, 5) is 6.46. The van der Waals surface area contributed by atoms with Gasteiger partial charge in [0.25, 0.3) is 0 Å². The summed E-state index contributed by atoms with van der Waals surface area (Å²) in [7, 11) is 7.52. The number of nitrogens with one attached hydrogen (secondary N) is 1. The van der Waals surface area contributed by atoms with Crippen molar-refractivity contribution in [1.29, 1.82) is 0 Å². The van der Waals surface area contributed by atoms with Crippen LogP contribution in [-0.4, -0.2) is 43.2 Å². The van der Waals surface area contributed by atoms with Crippen molar-refractivity contribution in [1.82, 2.24) is 14.8 Å². The first-order valence-electron chi connectivity index (χ1n) is 8.39. The van der Waals surface area contributed by atoms with E-state index in [1.165, 1.54) is 5.56 Å². The van der Waals surface area contributed by atoms with Crippen molar-refractivity contribution >= 4 is 17.6 Å². The Morgan fingerprint density at radius 3 is 2.80 bits per heavy atom. The molecule has 0 amide bonds. The number of guanidine groups is 1. The van der Waals surface area contributed by atoms with E-state index in [2.05, 4.69) is 27.3 Å². The molecule has 0 unspecified atom stereocenters. The predicted molar refractivity (Wildman–Crippen MR) is 105 cm³/mol. The van der Waals surface area contributed by atoms with Crippen molar-refractivity contribution in [2.45, 2.75) is 19.4 Å². The molecule has 2 rings (SSSR count). The number of hydrogen-bond acceptors (Lipinski definition) is 2. The molecule has 2 aromatic rings. The third-order valence-electron chi connectivity index (χ3n) is 4.11. The van der Waals surface area contributed by atoms with Crippen molar-refractivity contribution in [3.63, 3.8) is 0 Å². The first-order valence-corrected chi connectivity index (χ1v) is 8.76. The van der Waals surface area contributed by atoms with Crippen LogP contribution in [0.25, 0.3) is 0 Å². The topological polar surface area (TPSA) is 41.8 Å². The molecule has 1 N–H and O–H groups in total. The lowest BCUT2D eigenvalue weighted by Crippen LogP contribution is -2.39. The Kier molecular flexibility index (Phi) is 7.19. The largest absolute Gasteiger partial charge is 0.497 e. The highest BCUT2D eigenvalue weighted by Crippen LogP contribution is 2.15. The molecule has 6 heteroatoms. The fourth-order valence-electron chi connectivity index (χ4n) is 2.75. The molecule has 0 bridgehead atoms. The van der Waals surface area contributed by atoms with Crippen LogP contribution in [0.1, 0.15) is 17.7 Å². The van der Waals surface area contributed by atoms with E-state index in [9.17, 15) is 0 Å². The molecule has 0 aliphatic carbocycles. The first kappa shape index (κ1) is 19.2. The SMILES string of the molecule is CN=C(NCCCc1cccc(OC)c1)N(C)Cc1cc(Cl)cn1C. The zero-order valence-corrected chi connectivity index (χ0v) is 16.2. The molecular weight excluding hydrogens is 336 g/mol. The third kappa shape index (κ3) is 5.71. The highest BCUT2D eigenvalue weighted by atomic mass is 35.5. The zero-order chi connectivity index (χ0) is 18.2. The van der Waals surface area contributed by atoms with Crippen LogP contribution in [0.4, 0.5) is 0 Å². The molecule has 25 heavy (non-hydrogen) atoms. The van der Waals surface area contributed by atoms with Gasteiger partial charge in [0.05, 0.1) is 18.7 Å². The Balaban J connectivity index is 1.80. The Labute approximate surface area is 155 Å². The molecule has 0 atom stereocenters. The third-order valence-corrected chi connectivity index (χ3v) is 4.31. The molecule has 0 saturated carbocycles. The van der Waals surface area contributed by atoms with E-state index in [-0.39, 0.29) is 0 Å². The standard InChI is InChI=1S/C19H27ClN4O/c1-21-19(24(3)14-17-12-16(20)13-23(17)2)22-10-6-8-15-7-5-9-18(11-15)25-4/h5,7,9,11-13H,6,8,10,14H2,1-4H3,(H,21,22). The molecule has 136 valence electrons. The number of halogens is 1. The maximum atomic E-state index is 6.05. The summed E-state index contributed by atoms with van der Waals surface area (Å²) in [5.74, 6) is 1.78. The van der Waals surface area contributed by atoms with Crippen molar-refractivity contribution in [2.24, 2.45) is 12.0 Å². The van der Waals surface area contributed by atoms with Gasteiger partial charge in [-0.05, 0) is 36.6 Å². The molecule has 1 aromatic carbocycles. The minimum Gasteiger partial charge on any atom is -0.497 e. The van der Waals surface area contributed by atoms with Gasteiger partial charge in [-0.3, -0.25) is 4.99 Å². The minimum atomic E-state index is 0.749. The summed E-state index contributed by atoms with van der Waals surface area (Å²) >= 11 is 6.05. The monoisotopic (exact) mass is 362 g/mol. The van der Waals surface area contributed by atoms with Gasteiger partial charge in [-0.15, -0.1) is 0 Å². The van der Waals surface area contributed by atoms with Gasteiger partial charge in [0.1, 0.15) is 5.75 Å². The van der Waals surface area contributed by atoms with E-state index in [4.69, 9.17) is 16.3 Å². The van der Waals surface area contributed by atoms with Gasteiger partial charge in [0.2, 0.25) is 0 Å². The lowest BCUT2D eigenvalue weighted by molar-refractivity contribution is 0.414. The molecule has 0 saturated heterocycles. The number of hydrogen-bond donors (Lipinski definition) is 1. The smallest absolute Gasteiger partial charge is 0.193 e. The molecule has 0 radical (unpaired) electrons. The fraction of sp³-hybridized carbons (Fsp3) is 0.421. The number of aliphatic imine (C=N–C) groups is 1. The summed E-state index contributed by atoms with van der Waals surface area (Å²) in [5, 5.41) is 4.17. The molecule has 0 aliphatic rings. The van der Waals surface area contributed by atoms with Gasteiger partial charge < -0.3 is 19.5 Å². The normalized spacial score (nSPS) is 11.5. The quantitative estimate of drug-likeness (QED) is 0.466. The van der Waals surface area contributed by atoms with Crippen LogP contribution in [0.15, 0.2) is 41.5 Å². The summed E-state index contributed by atoms with van der Waals surface area (Å²) in [6, 6.07) is 10.2. The Morgan fingerprint density at radius 1 is 1.36 bits per heavy atom. The summed E-state index contributed by atoms with van der Waals surface area (Å²) in [6.07, 6.45) is 3.93. The van der Waals surface area contributed by atoms with Crippen LogP contribution in [0.2, 0.25) is 5.02 Å². The van der Waals surface area contributed by atoms with Crippen molar-refractivity contribution < 1.29 is 4.74 Å². The van der Waals surface area contributed by atoms with Crippen LogP contribution in [0.3, 0.4) is 0 Å². The number of methoxy groups -OCH3 is 1. The average Bonchev–Trinajstić information content (AvgIpc) is 2.92. The lowest BCUT2D eigenvalue weighted by Gasteiger charge is -2.22. The number of rotatable bonds is 7. The number of ether oxygens (including phenoxy) is 1. The van der Waals surface area contributed by atoms with E-state index in [1.54, 1.807) is 14.2 Å². The van der Waals surface area contributed by atoms with Gasteiger partial charge >= 0.3 is 0 Å². The number of aromatic nitrogens is 1. The van der Waals surface area contributed by atoms with Crippen LogP contribution < -0.4 is 10.1 Å². The highest BCUT2D eigenvalue weighted by molar-refractivity contribution is 6.30. The molecule has 0 aliphatic heterocycles. The van der Waals surface area contributed by atoms with Crippen LogP contribution in [0, 0.1) is 0 Å². The second-order valence-corrected chi connectivity index (χ2v) is 6.48. The molecule has 0 spiro atoms. The minimum absolute atomic E-state index is 0.749. The highest BCUT2D eigenvalue weighted by Gasteiger charge is 2.09. The molecule has 1 heterocycles. The number of aryl methyl sites for hydroxylation is 2.